The van der Waals surface area contributed by atoms with Crippen molar-refractivity contribution < 1.29 is 14.7 Å². The Hall–Kier alpha value is -1.16. The first-order valence-electron chi connectivity index (χ1n) is 6.65. The van der Waals surface area contributed by atoms with Crippen LogP contribution in [-0.2, 0) is 9.59 Å². The van der Waals surface area contributed by atoms with Gasteiger partial charge in [-0.25, -0.2) is 0 Å². The lowest BCUT2D eigenvalue weighted by atomic mass is 10.1. The number of carbonyl (C=O) groups excluding carboxylic acids is 2. The molecule has 0 aromatic heterocycles. The van der Waals surface area contributed by atoms with Gasteiger partial charge in [-0.3, -0.25) is 9.59 Å². The van der Waals surface area contributed by atoms with E-state index in [1.165, 1.54) is 6.08 Å². The Morgan fingerprint density at radius 2 is 1.89 bits per heavy atom. The van der Waals surface area contributed by atoms with Gasteiger partial charge < -0.3 is 10.4 Å². The number of hydrogen-bond acceptors (Lipinski definition) is 3. The third kappa shape index (κ3) is 8.93. The Morgan fingerprint density at radius 1 is 1.22 bits per heavy atom. The number of nitrogens with one attached hydrogen (secondary N) is 1. The van der Waals surface area contributed by atoms with Crippen LogP contribution in [0.2, 0.25) is 0 Å². The van der Waals surface area contributed by atoms with Gasteiger partial charge in [0.25, 0.3) is 0 Å². The summed E-state index contributed by atoms with van der Waals surface area (Å²) in [4.78, 5) is 22.8. The average molecular weight is 255 g/mol. The summed E-state index contributed by atoms with van der Waals surface area (Å²) in [6, 6.07) is 0. The van der Waals surface area contributed by atoms with Crippen LogP contribution in [0.5, 0.6) is 0 Å². The van der Waals surface area contributed by atoms with Gasteiger partial charge in [0.15, 0.2) is 5.78 Å². The maximum absolute atomic E-state index is 11.5. The summed E-state index contributed by atoms with van der Waals surface area (Å²) >= 11 is 0. The van der Waals surface area contributed by atoms with Crippen molar-refractivity contribution in [1.29, 1.82) is 0 Å². The van der Waals surface area contributed by atoms with E-state index in [1.54, 1.807) is 0 Å². The standard InChI is InChI=1S/C14H25NO3/c1-4-5-6-7-12(16)13(17)8-9-14(18)15-10-11(2)3/h8-9,11-12,16H,4-7,10H2,1-3H3,(H,15,18). The normalized spacial score (nSPS) is 12.9. The minimum Gasteiger partial charge on any atom is -0.385 e. The number of carbonyl (C=O) groups is 2. The molecule has 2 N–H and O–H groups in total. The summed E-state index contributed by atoms with van der Waals surface area (Å²) in [6.45, 7) is 6.63. The monoisotopic (exact) mass is 255 g/mol. The predicted octanol–water partition coefficient (Wildman–Crippen LogP) is 1.83. The number of unbranched alkanes of at least 4 members (excludes halogenated alkanes) is 2. The molecule has 0 aliphatic carbocycles. The fourth-order valence-electron chi connectivity index (χ4n) is 1.36. The van der Waals surface area contributed by atoms with Crippen LogP contribution < -0.4 is 5.32 Å². The molecule has 0 aliphatic rings. The Balaban J connectivity index is 3.94. The second-order valence-electron chi connectivity index (χ2n) is 4.89. The maximum atomic E-state index is 11.5. The number of aliphatic hydroxyl groups is 1. The van der Waals surface area contributed by atoms with Gasteiger partial charge in [-0.2, -0.15) is 0 Å². The van der Waals surface area contributed by atoms with Crippen LogP contribution in [0.1, 0.15) is 46.5 Å². The summed E-state index contributed by atoms with van der Waals surface area (Å²) in [5, 5.41) is 12.2. The molecule has 0 heterocycles. The second-order valence-corrected chi connectivity index (χ2v) is 4.89. The quantitative estimate of drug-likeness (QED) is 0.488. The van der Waals surface area contributed by atoms with E-state index in [2.05, 4.69) is 12.2 Å². The van der Waals surface area contributed by atoms with Crippen molar-refractivity contribution >= 4 is 11.7 Å². The van der Waals surface area contributed by atoms with Crippen molar-refractivity contribution in [3.63, 3.8) is 0 Å². The molecule has 0 aromatic carbocycles. The first-order valence-corrected chi connectivity index (χ1v) is 6.65. The number of aliphatic hydroxyl groups excluding tert-OH is 1. The highest BCUT2D eigenvalue weighted by Gasteiger charge is 2.11. The number of rotatable bonds is 9. The van der Waals surface area contributed by atoms with Crippen molar-refractivity contribution in [3.05, 3.63) is 12.2 Å². The van der Waals surface area contributed by atoms with Crippen molar-refractivity contribution in [2.24, 2.45) is 5.92 Å². The second kappa shape index (κ2) is 9.83. The molecule has 1 amide bonds. The highest BCUT2D eigenvalue weighted by atomic mass is 16.3. The molecule has 0 bridgehead atoms. The smallest absolute Gasteiger partial charge is 0.244 e. The zero-order valence-corrected chi connectivity index (χ0v) is 11.6. The summed E-state index contributed by atoms with van der Waals surface area (Å²) in [6.07, 6.45) is 4.71. The van der Waals surface area contributed by atoms with Crippen LogP contribution in [-0.4, -0.2) is 29.4 Å². The van der Waals surface area contributed by atoms with E-state index in [4.69, 9.17) is 0 Å². The van der Waals surface area contributed by atoms with Crippen molar-refractivity contribution in [3.8, 4) is 0 Å². The van der Waals surface area contributed by atoms with E-state index < -0.39 is 11.9 Å². The van der Waals surface area contributed by atoms with E-state index in [0.29, 0.717) is 18.9 Å². The molecule has 0 rings (SSSR count). The van der Waals surface area contributed by atoms with Crippen LogP contribution in [0.15, 0.2) is 12.2 Å². The van der Waals surface area contributed by atoms with E-state index >= 15 is 0 Å². The molecule has 0 aromatic rings. The van der Waals surface area contributed by atoms with Crippen LogP contribution in [0.25, 0.3) is 0 Å². The molecule has 18 heavy (non-hydrogen) atoms. The minimum absolute atomic E-state index is 0.294. The van der Waals surface area contributed by atoms with Crippen LogP contribution in [0.3, 0.4) is 0 Å². The van der Waals surface area contributed by atoms with E-state index in [-0.39, 0.29) is 5.91 Å². The lowest BCUT2D eigenvalue weighted by Crippen LogP contribution is -2.26. The van der Waals surface area contributed by atoms with Crippen molar-refractivity contribution in [2.75, 3.05) is 6.54 Å². The molecule has 0 fully saturated rings. The molecule has 0 spiro atoms. The molecular formula is C14H25NO3. The molecule has 4 heteroatoms. The Labute approximate surface area is 109 Å². The van der Waals surface area contributed by atoms with Gasteiger partial charge in [-0.05, 0) is 18.4 Å². The Bertz CT molecular complexity index is 285. The van der Waals surface area contributed by atoms with Gasteiger partial charge in [0.2, 0.25) is 5.91 Å². The molecule has 0 saturated carbocycles. The van der Waals surface area contributed by atoms with Gasteiger partial charge >= 0.3 is 0 Å². The fraction of sp³-hybridized carbons (Fsp3) is 0.714. The molecule has 0 radical (unpaired) electrons. The minimum atomic E-state index is -0.981. The predicted molar refractivity (Wildman–Crippen MR) is 72.1 cm³/mol. The third-order valence-corrected chi connectivity index (χ3v) is 2.49. The highest BCUT2D eigenvalue weighted by Crippen LogP contribution is 2.04. The van der Waals surface area contributed by atoms with Crippen LogP contribution >= 0.6 is 0 Å². The van der Waals surface area contributed by atoms with Gasteiger partial charge in [0.05, 0.1) is 0 Å². The topological polar surface area (TPSA) is 66.4 Å². The van der Waals surface area contributed by atoms with Crippen LogP contribution in [0, 0.1) is 5.92 Å². The van der Waals surface area contributed by atoms with Gasteiger partial charge in [-0.1, -0.05) is 40.0 Å². The fourth-order valence-corrected chi connectivity index (χ4v) is 1.36. The van der Waals surface area contributed by atoms with Gasteiger partial charge in [0.1, 0.15) is 6.10 Å². The van der Waals surface area contributed by atoms with Gasteiger partial charge in [0, 0.05) is 12.6 Å². The number of ketones is 1. The maximum Gasteiger partial charge on any atom is 0.244 e. The first-order chi connectivity index (χ1) is 8.47. The SMILES string of the molecule is CCCCCC(O)C(=O)C=CC(=O)NCC(C)C. The number of amides is 1. The molecule has 0 aliphatic heterocycles. The van der Waals surface area contributed by atoms with E-state index in [1.807, 2.05) is 13.8 Å². The Kier molecular flexibility index (Phi) is 9.19. The van der Waals surface area contributed by atoms with Crippen LogP contribution in [0.4, 0.5) is 0 Å². The van der Waals surface area contributed by atoms with Crippen molar-refractivity contribution in [2.45, 2.75) is 52.6 Å². The lowest BCUT2D eigenvalue weighted by Gasteiger charge is -2.06. The van der Waals surface area contributed by atoms with Crippen molar-refractivity contribution in [1.82, 2.24) is 5.32 Å². The highest BCUT2D eigenvalue weighted by molar-refractivity contribution is 5.99. The third-order valence-electron chi connectivity index (χ3n) is 2.49. The summed E-state index contributed by atoms with van der Waals surface area (Å²) in [5.74, 6) is -0.318. The van der Waals surface area contributed by atoms with E-state index in [9.17, 15) is 14.7 Å². The summed E-state index contributed by atoms with van der Waals surface area (Å²) < 4.78 is 0. The zero-order valence-electron chi connectivity index (χ0n) is 11.6. The van der Waals surface area contributed by atoms with Gasteiger partial charge in [-0.15, -0.1) is 0 Å². The molecule has 1 unspecified atom stereocenters. The summed E-state index contributed by atoms with van der Waals surface area (Å²) in [7, 11) is 0. The molecular weight excluding hydrogens is 230 g/mol. The number of hydrogen-bond donors (Lipinski definition) is 2. The molecule has 4 nitrogen and oxygen atoms in total. The Morgan fingerprint density at radius 3 is 2.44 bits per heavy atom. The lowest BCUT2D eigenvalue weighted by molar-refractivity contribution is -0.123. The molecule has 1 atom stereocenters. The zero-order chi connectivity index (χ0) is 14.0. The summed E-state index contributed by atoms with van der Waals surface area (Å²) in [5.41, 5.74) is 0. The van der Waals surface area contributed by atoms with E-state index in [0.717, 1.165) is 25.3 Å². The first kappa shape index (κ1) is 16.8. The average Bonchev–Trinajstić information content (AvgIpc) is 2.33. The molecule has 104 valence electrons. The largest absolute Gasteiger partial charge is 0.385 e. The molecule has 0 saturated heterocycles.